The van der Waals surface area contributed by atoms with E-state index in [0.29, 0.717) is 0 Å². The van der Waals surface area contributed by atoms with Crippen LogP contribution in [0.3, 0.4) is 0 Å². The van der Waals surface area contributed by atoms with Gasteiger partial charge in [0.05, 0.1) is 0 Å². The van der Waals surface area contributed by atoms with Crippen LogP contribution in [0.2, 0.25) is 0 Å². The van der Waals surface area contributed by atoms with Crippen molar-refractivity contribution in [3.05, 3.63) is 0 Å². The zero-order valence-corrected chi connectivity index (χ0v) is 7.81. The summed E-state index contributed by atoms with van der Waals surface area (Å²) in [5.41, 5.74) is 5.40. The predicted molar refractivity (Wildman–Crippen MR) is 45.9 cm³/mol. The number of aliphatic hydroxyl groups is 1. The average Bonchev–Trinajstić information content (AvgIpc) is 1.92. The summed E-state index contributed by atoms with van der Waals surface area (Å²) in [7, 11) is 0. The van der Waals surface area contributed by atoms with Gasteiger partial charge in [-0.3, -0.25) is 0 Å². The molecule has 0 aliphatic carbocycles. The van der Waals surface area contributed by atoms with Gasteiger partial charge in [0.1, 0.15) is 0 Å². The Balaban J connectivity index is 0. The van der Waals surface area contributed by atoms with Crippen LogP contribution in [-0.4, -0.2) is 17.8 Å². The Morgan fingerprint density at radius 2 is 1.70 bits per heavy atom. The van der Waals surface area contributed by atoms with Crippen LogP contribution in [0.5, 0.6) is 0 Å². The molecule has 0 aromatic heterocycles. The normalized spacial score (nSPS) is 13.5. The molecule has 0 aromatic rings. The third kappa shape index (κ3) is 4.77. The summed E-state index contributed by atoms with van der Waals surface area (Å²) in [5.74, 6) is 0. The quantitative estimate of drug-likeness (QED) is 0.620. The summed E-state index contributed by atoms with van der Waals surface area (Å²) in [6.07, 6.45) is 0. The van der Waals surface area contributed by atoms with Gasteiger partial charge >= 0.3 is 0 Å². The second kappa shape index (κ2) is 5.69. The first-order chi connectivity index (χ1) is 4.50. The molecule has 0 radical (unpaired) electrons. The highest BCUT2D eigenvalue weighted by Gasteiger charge is 2.20. The van der Waals surface area contributed by atoms with Gasteiger partial charge in [-0.1, -0.05) is 27.7 Å². The van der Waals surface area contributed by atoms with E-state index in [1.807, 2.05) is 34.6 Å². The lowest BCUT2D eigenvalue weighted by Crippen LogP contribution is -2.37. The fraction of sp³-hybridized carbons (Fsp3) is 1.00. The Morgan fingerprint density at radius 3 is 1.70 bits per heavy atom. The van der Waals surface area contributed by atoms with Crippen molar-refractivity contribution in [2.24, 2.45) is 11.1 Å². The van der Waals surface area contributed by atoms with E-state index >= 15 is 0 Å². The molecule has 2 heteroatoms. The summed E-state index contributed by atoms with van der Waals surface area (Å²) < 4.78 is 0. The zero-order valence-electron chi connectivity index (χ0n) is 7.81. The molecule has 0 aliphatic rings. The molecule has 64 valence electrons. The third-order valence-electron chi connectivity index (χ3n) is 1.64. The molecule has 2 nitrogen and oxygen atoms in total. The number of hydrogen-bond donors (Lipinski definition) is 2. The molecule has 1 atom stereocenters. The lowest BCUT2D eigenvalue weighted by Gasteiger charge is -2.25. The van der Waals surface area contributed by atoms with Crippen LogP contribution < -0.4 is 5.73 Å². The summed E-state index contributed by atoms with van der Waals surface area (Å²) >= 11 is 0. The Labute approximate surface area is 64.4 Å². The number of aliphatic hydroxyl groups excluding tert-OH is 1. The van der Waals surface area contributed by atoms with E-state index in [2.05, 4.69) is 0 Å². The van der Waals surface area contributed by atoms with Crippen molar-refractivity contribution in [2.45, 2.75) is 40.7 Å². The van der Waals surface area contributed by atoms with Gasteiger partial charge in [0.25, 0.3) is 0 Å². The summed E-state index contributed by atoms with van der Waals surface area (Å²) in [6, 6.07) is 0.0625. The maximum Gasteiger partial charge on any atom is 0.0496 e. The number of rotatable bonds is 2. The smallest absolute Gasteiger partial charge is 0.0496 e. The van der Waals surface area contributed by atoms with Crippen LogP contribution >= 0.6 is 0 Å². The van der Waals surface area contributed by atoms with Crippen LogP contribution in [0, 0.1) is 5.41 Å². The minimum atomic E-state index is -0.125. The van der Waals surface area contributed by atoms with Crippen LogP contribution in [0.4, 0.5) is 0 Å². The first kappa shape index (κ1) is 12.6. The molecule has 3 N–H and O–H groups in total. The van der Waals surface area contributed by atoms with Gasteiger partial charge in [-0.2, -0.15) is 0 Å². The molecule has 0 saturated heterocycles. The van der Waals surface area contributed by atoms with Crippen LogP contribution in [0.15, 0.2) is 0 Å². The van der Waals surface area contributed by atoms with Gasteiger partial charge in [0.15, 0.2) is 0 Å². The zero-order chi connectivity index (χ0) is 8.78. The Hall–Kier alpha value is -0.0800. The largest absolute Gasteiger partial charge is 0.396 e. The van der Waals surface area contributed by atoms with Crippen molar-refractivity contribution < 1.29 is 5.11 Å². The topological polar surface area (TPSA) is 46.2 Å². The van der Waals surface area contributed by atoms with E-state index in [4.69, 9.17) is 10.8 Å². The van der Waals surface area contributed by atoms with E-state index in [9.17, 15) is 0 Å². The van der Waals surface area contributed by atoms with E-state index < -0.39 is 0 Å². The second-order valence-electron chi connectivity index (χ2n) is 2.94. The van der Waals surface area contributed by atoms with Crippen molar-refractivity contribution in [1.82, 2.24) is 0 Å². The highest BCUT2D eigenvalue weighted by atomic mass is 16.3. The van der Waals surface area contributed by atoms with Crippen molar-refractivity contribution in [3.8, 4) is 0 Å². The monoisotopic (exact) mass is 147 g/mol. The standard InChI is InChI=1S/C6H15NO.C2H6/c1-5(7)6(2,3)4-8;1-2/h5,8H,4,7H2,1-3H3;1-2H3. The van der Waals surface area contributed by atoms with E-state index in [1.165, 1.54) is 0 Å². The molecule has 0 rings (SSSR count). The highest BCUT2D eigenvalue weighted by molar-refractivity contribution is 4.75. The summed E-state index contributed by atoms with van der Waals surface area (Å²) in [4.78, 5) is 0. The van der Waals surface area contributed by atoms with Crippen LogP contribution in [0.1, 0.15) is 34.6 Å². The molecule has 0 fully saturated rings. The SMILES string of the molecule is CC.CC(N)C(C)(C)CO. The molecule has 0 saturated carbocycles. The maximum atomic E-state index is 8.68. The van der Waals surface area contributed by atoms with Crippen LogP contribution in [0.25, 0.3) is 0 Å². The molecular weight excluding hydrogens is 126 g/mol. The maximum absolute atomic E-state index is 8.68. The Kier molecular flexibility index (Phi) is 7.15. The van der Waals surface area contributed by atoms with Gasteiger partial charge in [-0.25, -0.2) is 0 Å². The van der Waals surface area contributed by atoms with Gasteiger partial charge in [-0.05, 0) is 6.92 Å². The summed E-state index contributed by atoms with van der Waals surface area (Å²) in [6.45, 7) is 9.94. The van der Waals surface area contributed by atoms with Gasteiger partial charge in [-0.15, -0.1) is 0 Å². The minimum Gasteiger partial charge on any atom is -0.396 e. The molecule has 1 unspecified atom stereocenters. The van der Waals surface area contributed by atoms with E-state index in [-0.39, 0.29) is 18.1 Å². The Morgan fingerprint density at radius 1 is 1.40 bits per heavy atom. The van der Waals surface area contributed by atoms with Crippen LogP contribution in [-0.2, 0) is 0 Å². The Bertz CT molecular complexity index is 69.7. The first-order valence-corrected chi connectivity index (χ1v) is 3.87. The lowest BCUT2D eigenvalue weighted by molar-refractivity contribution is 0.138. The molecule has 0 aromatic carbocycles. The minimum absolute atomic E-state index is 0.0625. The van der Waals surface area contributed by atoms with Crippen molar-refractivity contribution in [1.29, 1.82) is 0 Å². The first-order valence-electron chi connectivity index (χ1n) is 3.87. The van der Waals surface area contributed by atoms with Crippen molar-refractivity contribution in [2.75, 3.05) is 6.61 Å². The highest BCUT2D eigenvalue weighted by Crippen LogP contribution is 2.16. The van der Waals surface area contributed by atoms with E-state index in [0.717, 1.165) is 0 Å². The van der Waals surface area contributed by atoms with Gasteiger partial charge < -0.3 is 10.8 Å². The summed E-state index contributed by atoms with van der Waals surface area (Å²) in [5, 5.41) is 8.68. The molecule has 0 aliphatic heterocycles. The van der Waals surface area contributed by atoms with Crippen molar-refractivity contribution in [3.63, 3.8) is 0 Å². The average molecular weight is 147 g/mol. The fourth-order valence-corrected chi connectivity index (χ4v) is 0.144. The lowest BCUT2D eigenvalue weighted by atomic mass is 9.87. The second-order valence-corrected chi connectivity index (χ2v) is 2.94. The number of nitrogens with two attached hydrogens (primary N) is 1. The molecule has 0 heterocycles. The van der Waals surface area contributed by atoms with E-state index in [1.54, 1.807) is 0 Å². The molecular formula is C8H21NO. The predicted octanol–water partition coefficient (Wildman–Crippen LogP) is 1.38. The van der Waals surface area contributed by atoms with Gasteiger partial charge in [0, 0.05) is 18.1 Å². The fourth-order valence-electron chi connectivity index (χ4n) is 0.144. The number of hydrogen-bond acceptors (Lipinski definition) is 2. The molecule has 0 bridgehead atoms. The third-order valence-corrected chi connectivity index (χ3v) is 1.64. The molecule has 0 amide bonds. The molecule has 10 heavy (non-hydrogen) atoms. The van der Waals surface area contributed by atoms with Gasteiger partial charge in [0.2, 0.25) is 0 Å². The molecule has 0 spiro atoms. The van der Waals surface area contributed by atoms with Crippen molar-refractivity contribution >= 4 is 0 Å².